The highest BCUT2D eigenvalue weighted by molar-refractivity contribution is 7.93. The van der Waals surface area contributed by atoms with Crippen molar-refractivity contribution in [3.05, 3.63) is 90.5 Å². The van der Waals surface area contributed by atoms with E-state index in [1.54, 1.807) is 28.6 Å². The predicted octanol–water partition coefficient (Wildman–Crippen LogP) is 6.08. The lowest BCUT2D eigenvalue weighted by molar-refractivity contribution is 0.107. The zero-order valence-corrected chi connectivity index (χ0v) is 21.8. The first-order valence-corrected chi connectivity index (χ1v) is 14.5. The molecule has 1 saturated carbocycles. The first-order valence-electron chi connectivity index (χ1n) is 13.1. The summed E-state index contributed by atoms with van der Waals surface area (Å²) in [5.74, 6) is 0.933. The van der Waals surface area contributed by atoms with Gasteiger partial charge in [0.2, 0.25) is 0 Å². The van der Waals surface area contributed by atoms with Crippen LogP contribution in [0.1, 0.15) is 50.0 Å². The van der Waals surface area contributed by atoms with Crippen LogP contribution in [-0.2, 0) is 10.0 Å². The third-order valence-electron chi connectivity index (χ3n) is 7.87. The number of methoxy groups -OCH3 is 1. The largest absolute Gasteiger partial charge is 0.495 e. The van der Waals surface area contributed by atoms with E-state index in [0.717, 1.165) is 25.9 Å². The molecule has 2 fully saturated rings. The lowest BCUT2D eigenvalue weighted by Crippen LogP contribution is -2.51. The molecule has 0 radical (unpaired) electrons. The molecule has 1 heterocycles. The molecule has 0 bridgehead atoms. The van der Waals surface area contributed by atoms with Crippen LogP contribution in [0.15, 0.2) is 89.8 Å². The van der Waals surface area contributed by atoms with E-state index < -0.39 is 10.0 Å². The Labute approximate surface area is 215 Å². The maximum atomic E-state index is 14.1. The summed E-state index contributed by atoms with van der Waals surface area (Å²) in [7, 11) is -2.28. The van der Waals surface area contributed by atoms with Crippen LogP contribution in [0, 0.1) is 0 Å². The number of hydrogen-bond donors (Lipinski definition) is 0. The van der Waals surface area contributed by atoms with E-state index in [2.05, 4.69) is 35.2 Å². The topological polar surface area (TPSA) is 49.9 Å². The number of piperidine rings is 1. The van der Waals surface area contributed by atoms with Gasteiger partial charge in [-0.25, -0.2) is 8.42 Å². The number of benzene rings is 3. The number of nitrogens with zero attached hydrogens (tertiary/aromatic N) is 2. The number of ether oxygens (including phenoxy) is 1. The fraction of sp³-hybridized carbons (Fsp3) is 0.400. The van der Waals surface area contributed by atoms with Gasteiger partial charge in [0, 0.05) is 25.2 Å². The summed E-state index contributed by atoms with van der Waals surface area (Å²) in [6.45, 7) is 1.81. The highest BCUT2D eigenvalue weighted by Gasteiger charge is 2.38. The summed E-state index contributed by atoms with van der Waals surface area (Å²) >= 11 is 0. The van der Waals surface area contributed by atoms with Crippen molar-refractivity contribution >= 4 is 15.7 Å². The van der Waals surface area contributed by atoms with Crippen molar-refractivity contribution in [2.75, 3.05) is 24.5 Å². The maximum Gasteiger partial charge on any atom is 0.268 e. The van der Waals surface area contributed by atoms with Crippen LogP contribution in [0.4, 0.5) is 5.69 Å². The summed E-state index contributed by atoms with van der Waals surface area (Å²) in [5, 5.41) is 0. The maximum absolute atomic E-state index is 14.1. The molecule has 0 N–H and O–H groups in total. The quantitative estimate of drug-likeness (QED) is 0.391. The van der Waals surface area contributed by atoms with Gasteiger partial charge in [-0.3, -0.25) is 9.21 Å². The van der Waals surface area contributed by atoms with Crippen molar-refractivity contribution in [3.8, 4) is 5.75 Å². The minimum absolute atomic E-state index is 0.0997. The molecule has 1 saturated heterocycles. The first-order chi connectivity index (χ1) is 17.6. The molecule has 0 spiro atoms. The molecule has 190 valence electrons. The molecule has 3 aromatic carbocycles. The smallest absolute Gasteiger partial charge is 0.268 e. The zero-order valence-electron chi connectivity index (χ0n) is 21.0. The first kappa shape index (κ1) is 24.8. The lowest BCUT2D eigenvalue weighted by Gasteiger charge is -2.45. The Balaban J connectivity index is 1.40. The fourth-order valence-corrected chi connectivity index (χ4v) is 8.02. The standard InChI is InChI=1S/C30H36N2O3S/c1-35-29-18-10-11-19-30(29)36(33,34)32(25-14-6-3-7-15-25)26-20-22-31(23-21-26)28-17-9-8-16-27(28)24-12-4-2-5-13-24/h2-7,10-15,18-19,26-28H,8-9,16-17,20-23H2,1H3/t27-,28-/m1/s1. The molecular formula is C30H36N2O3S. The third kappa shape index (κ3) is 5.02. The average Bonchev–Trinajstić information content (AvgIpc) is 2.94. The third-order valence-corrected chi connectivity index (χ3v) is 9.79. The van der Waals surface area contributed by atoms with E-state index in [4.69, 9.17) is 4.74 Å². The van der Waals surface area contributed by atoms with E-state index in [9.17, 15) is 8.42 Å². The highest BCUT2D eigenvalue weighted by Crippen LogP contribution is 2.39. The van der Waals surface area contributed by atoms with Crippen LogP contribution in [0.25, 0.3) is 0 Å². The Hall–Kier alpha value is -2.83. The van der Waals surface area contributed by atoms with Gasteiger partial charge in [0.15, 0.2) is 0 Å². The molecule has 3 aromatic rings. The van der Waals surface area contributed by atoms with E-state index in [-0.39, 0.29) is 10.9 Å². The molecule has 0 aromatic heterocycles. The number of para-hydroxylation sites is 2. The van der Waals surface area contributed by atoms with Crippen LogP contribution >= 0.6 is 0 Å². The van der Waals surface area contributed by atoms with Crippen LogP contribution in [0.3, 0.4) is 0 Å². The molecule has 0 amide bonds. The van der Waals surface area contributed by atoms with Gasteiger partial charge in [-0.2, -0.15) is 0 Å². The second kappa shape index (κ2) is 11.1. The monoisotopic (exact) mass is 504 g/mol. The normalized spacial score (nSPS) is 21.7. The molecule has 2 atom stereocenters. The fourth-order valence-electron chi connectivity index (χ4n) is 6.15. The minimum atomic E-state index is -3.80. The summed E-state index contributed by atoms with van der Waals surface area (Å²) in [4.78, 5) is 2.85. The highest BCUT2D eigenvalue weighted by atomic mass is 32.2. The van der Waals surface area contributed by atoms with Crippen molar-refractivity contribution in [2.24, 2.45) is 0 Å². The van der Waals surface area contributed by atoms with Crippen molar-refractivity contribution in [3.63, 3.8) is 0 Å². The molecule has 0 unspecified atom stereocenters. The second-order valence-electron chi connectivity index (χ2n) is 9.92. The number of sulfonamides is 1. The summed E-state index contributed by atoms with van der Waals surface area (Å²) in [6, 6.07) is 27.8. The molecule has 5 rings (SSSR count). The van der Waals surface area contributed by atoms with Crippen LogP contribution < -0.4 is 9.04 Å². The SMILES string of the molecule is COc1ccccc1S(=O)(=O)N(c1ccccc1)C1CCN([C@@H]2CCCC[C@@H]2c2ccccc2)CC1. The van der Waals surface area contributed by atoms with Crippen molar-refractivity contribution in [2.45, 2.75) is 61.4 Å². The Kier molecular flexibility index (Phi) is 7.63. The van der Waals surface area contributed by atoms with Crippen LogP contribution in [0.2, 0.25) is 0 Å². The van der Waals surface area contributed by atoms with E-state index in [1.807, 2.05) is 30.3 Å². The van der Waals surface area contributed by atoms with Crippen LogP contribution in [-0.4, -0.2) is 45.6 Å². The number of anilines is 1. The van der Waals surface area contributed by atoms with Gasteiger partial charge in [-0.05, 0) is 61.4 Å². The van der Waals surface area contributed by atoms with Gasteiger partial charge >= 0.3 is 0 Å². The van der Waals surface area contributed by atoms with Crippen molar-refractivity contribution in [1.29, 1.82) is 0 Å². The Morgan fingerprint density at radius 2 is 1.39 bits per heavy atom. The van der Waals surface area contributed by atoms with E-state index in [0.29, 0.717) is 23.4 Å². The number of hydrogen-bond acceptors (Lipinski definition) is 4. The van der Waals surface area contributed by atoms with Gasteiger partial charge in [0.1, 0.15) is 10.6 Å². The van der Waals surface area contributed by atoms with Gasteiger partial charge in [0.25, 0.3) is 10.0 Å². The molecule has 2 aliphatic rings. The van der Waals surface area contributed by atoms with Gasteiger partial charge in [0.05, 0.1) is 12.8 Å². The Morgan fingerprint density at radius 3 is 2.08 bits per heavy atom. The van der Waals surface area contributed by atoms with E-state index >= 15 is 0 Å². The molecule has 6 heteroatoms. The average molecular weight is 505 g/mol. The van der Waals surface area contributed by atoms with Gasteiger partial charge in [-0.1, -0.05) is 73.5 Å². The second-order valence-corrected chi connectivity index (χ2v) is 11.7. The Bertz CT molecular complexity index is 1230. The molecular weight excluding hydrogens is 468 g/mol. The van der Waals surface area contributed by atoms with Gasteiger partial charge in [-0.15, -0.1) is 0 Å². The number of rotatable bonds is 7. The van der Waals surface area contributed by atoms with Crippen molar-refractivity contribution < 1.29 is 13.2 Å². The van der Waals surface area contributed by atoms with E-state index in [1.165, 1.54) is 38.4 Å². The van der Waals surface area contributed by atoms with Crippen LogP contribution in [0.5, 0.6) is 5.75 Å². The number of likely N-dealkylation sites (tertiary alicyclic amines) is 1. The molecule has 1 aliphatic heterocycles. The molecule has 36 heavy (non-hydrogen) atoms. The summed E-state index contributed by atoms with van der Waals surface area (Å²) < 4.78 is 35.2. The van der Waals surface area contributed by atoms with Crippen molar-refractivity contribution in [1.82, 2.24) is 4.90 Å². The summed E-state index contributed by atoms with van der Waals surface area (Å²) in [5.41, 5.74) is 2.15. The molecule has 5 nitrogen and oxygen atoms in total. The summed E-state index contributed by atoms with van der Waals surface area (Å²) in [6.07, 6.45) is 6.61. The Morgan fingerprint density at radius 1 is 0.778 bits per heavy atom. The molecule has 1 aliphatic carbocycles. The zero-order chi connectivity index (χ0) is 25.0. The van der Waals surface area contributed by atoms with Gasteiger partial charge < -0.3 is 4.74 Å². The minimum Gasteiger partial charge on any atom is -0.495 e. The lowest BCUT2D eigenvalue weighted by atomic mass is 9.78. The predicted molar refractivity (Wildman–Crippen MR) is 145 cm³/mol.